The van der Waals surface area contributed by atoms with Crippen LogP contribution < -0.4 is 5.43 Å². The van der Waals surface area contributed by atoms with Gasteiger partial charge in [0.15, 0.2) is 0 Å². The number of rotatable bonds is 0. The Labute approximate surface area is 102 Å². The van der Waals surface area contributed by atoms with Gasteiger partial charge in [0, 0.05) is 23.9 Å². The molecule has 1 atom stereocenters. The van der Waals surface area contributed by atoms with Crippen molar-refractivity contribution in [1.29, 1.82) is 0 Å². The first-order valence-electron chi connectivity index (χ1n) is 5.69. The van der Waals surface area contributed by atoms with E-state index in [1.807, 2.05) is 35.9 Å². The maximum Gasteiger partial charge on any atom is 0.205 e. The minimum atomic E-state index is -1.13. The van der Waals surface area contributed by atoms with Crippen molar-refractivity contribution >= 4 is 21.7 Å². The third kappa shape index (κ3) is 1.47. The van der Waals surface area contributed by atoms with Gasteiger partial charge in [0.2, 0.25) is 5.43 Å². The Morgan fingerprint density at radius 3 is 2.88 bits per heavy atom. The van der Waals surface area contributed by atoms with Crippen LogP contribution in [-0.2, 0) is 24.3 Å². The van der Waals surface area contributed by atoms with Gasteiger partial charge in [0.1, 0.15) is 4.90 Å². The molecular formula is C13H13NO2S. The highest BCUT2D eigenvalue weighted by molar-refractivity contribution is 7.85. The van der Waals surface area contributed by atoms with Gasteiger partial charge in [-0.25, -0.2) is 0 Å². The summed E-state index contributed by atoms with van der Waals surface area (Å²) in [7, 11) is 0.821. The molecule has 1 aromatic heterocycles. The van der Waals surface area contributed by atoms with Crippen LogP contribution in [0.3, 0.4) is 0 Å². The summed E-state index contributed by atoms with van der Waals surface area (Å²) in [5.74, 6) is 0.612. The standard InChI is InChI=1S/C13H13NO2S/c1-14-10-6-3-2-5-9(10)12(15)13-11(14)7-4-8-17(13)16/h2-3,5-6H,4,7-8H2,1H3. The van der Waals surface area contributed by atoms with E-state index in [0.29, 0.717) is 16.0 Å². The van der Waals surface area contributed by atoms with E-state index in [0.717, 1.165) is 24.1 Å². The van der Waals surface area contributed by atoms with Crippen molar-refractivity contribution in [3.8, 4) is 0 Å². The predicted octanol–water partition coefficient (Wildman–Crippen LogP) is 1.59. The Kier molecular flexibility index (Phi) is 2.40. The fourth-order valence-electron chi connectivity index (χ4n) is 2.50. The molecule has 17 heavy (non-hydrogen) atoms. The van der Waals surface area contributed by atoms with Crippen molar-refractivity contribution in [2.45, 2.75) is 17.7 Å². The van der Waals surface area contributed by atoms with Crippen LogP contribution in [0.2, 0.25) is 0 Å². The zero-order valence-electron chi connectivity index (χ0n) is 9.60. The number of hydrogen-bond acceptors (Lipinski definition) is 2. The molecule has 0 saturated heterocycles. The van der Waals surface area contributed by atoms with Crippen molar-refractivity contribution in [2.75, 3.05) is 5.75 Å². The molecule has 88 valence electrons. The number of fused-ring (bicyclic) bond motifs is 2. The molecule has 0 aliphatic carbocycles. The quantitative estimate of drug-likeness (QED) is 0.709. The molecule has 3 nitrogen and oxygen atoms in total. The van der Waals surface area contributed by atoms with E-state index in [4.69, 9.17) is 0 Å². The first-order chi connectivity index (χ1) is 8.20. The van der Waals surface area contributed by atoms with E-state index in [-0.39, 0.29) is 5.43 Å². The van der Waals surface area contributed by atoms with E-state index in [9.17, 15) is 9.00 Å². The third-order valence-corrected chi connectivity index (χ3v) is 4.89. The normalized spacial score (nSPS) is 19.2. The second-order valence-electron chi connectivity index (χ2n) is 4.33. The molecule has 4 heteroatoms. The van der Waals surface area contributed by atoms with Gasteiger partial charge in [-0.2, -0.15) is 0 Å². The Balaban J connectivity index is 2.53. The maximum atomic E-state index is 12.3. The van der Waals surface area contributed by atoms with Gasteiger partial charge in [-0.15, -0.1) is 0 Å². The fourth-order valence-corrected chi connectivity index (χ4v) is 3.93. The van der Waals surface area contributed by atoms with Gasteiger partial charge < -0.3 is 4.57 Å². The number of pyridine rings is 1. The zero-order chi connectivity index (χ0) is 12.0. The Bertz CT molecular complexity index is 688. The SMILES string of the molecule is Cn1c2c(c(=O)c3ccccc31)S(=O)CCC2. The molecule has 1 aliphatic heterocycles. The van der Waals surface area contributed by atoms with E-state index in [1.165, 1.54) is 0 Å². The van der Waals surface area contributed by atoms with Crippen molar-refractivity contribution < 1.29 is 4.21 Å². The second-order valence-corrected chi connectivity index (χ2v) is 5.84. The highest BCUT2D eigenvalue weighted by atomic mass is 32.2. The summed E-state index contributed by atoms with van der Waals surface area (Å²) in [4.78, 5) is 12.9. The summed E-state index contributed by atoms with van der Waals surface area (Å²) in [6, 6.07) is 7.52. The van der Waals surface area contributed by atoms with Crippen molar-refractivity contribution in [1.82, 2.24) is 4.57 Å². The lowest BCUT2D eigenvalue weighted by Gasteiger charge is -2.20. The largest absolute Gasteiger partial charge is 0.346 e. The van der Waals surface area contributed by atoms with Crippen LogP contribution in [0.5, 0.6) is 0 Å². The number of aromatic nitrogens is 1. The number of hydrogen-bond donors (Lipinski definition) is 0. The molecule has 0 radical (unpaired) electrons. The minimum Gasteiger partial charge on any atom is -0.346 e. The lowest BCUT2D eigenvalue weighted by atomic mass is 10.1. The summed E-state index contributed by atoms with van der Waals surface area (Å²) in [6.45, 7) is 0. The molecule has 0 N–H and O–H groups in total. The van der Waals surface area contributed by atoms with Crippen LogP contribution in [0, 0.1) is 0 Å². The van der Waals surface area contributed by atoms with E-state index >= 15 is 0 Å². The van der Waals surface area contributed by atoms with E-state index in [1.54, 1.807) is 0 Å². The molecule has 0 fully saturated rings. The van der Waals surface area contributed by atoms with Gasteiger partial charge in [0.05, 0.1) is 16.3 Å². The topological polar surface area (TPSA) is 39.1 Å². The molecule has 1 unspecified atom stereocenters. The molecule has 0 spiro atoms. The Morgan fingerprint density at radius 1 is 1.29 bits per heavy atom. The van der Waals surface area contributed by atoms with Crippen LogP contribution in [0.25, 0.3) is 10.9 Å². The highest BCUT2D eigenvalue weighted by Gasteiger charge is 2.23. The molecule has 0 bridgehead atoms. The summed E-state index contributed by atoms with van der Waals surface area (Å²) in [5.41, 5.74) is 1.82. The maximum absolute atomic E-state index is 12.3. The van der Waals surface area contributed by atoms with Gasteiger partial charge in [-0.1, -0.05) is 12.1 Å². The second kappa shape index (κ2) is 3.81. The van der Waals surface area contributed by atoms with Crippen molar-refractivity contribution in [2.24, 2.45) is 7.05 Å². The molecule has 0 saturated carbocycles. The molecule has 2 aromatic rings. The van der Waals surface area contributed by atoms with Gasteiger partial charge in [-0.05, 0) is 25.0 Å². The number of aryl methyl sites for hydroxylation is 1. The number of nitrogens with zero attached hydrogens (tertiary/aromatic N) is 1. The summed E-state index contributed by atoms with van der Waals surface area (Å²) in [6.07, 6.45) is 1.74. The van der Waals surface area contributed by atoms with Gasteiger partial charge in [-0.3, -0.25) is 9.00 Å². The fraction of sp³-hybridized carbons (Fsp3) is 0.308. The first-order valence-corrected chi connectivity index (χ1v) is 7.01. The van der Waals surface area contributed by atoms with Crippen LogP contribution >= 0.6 is 0 Å². The monoisotopic (exact) mass is 247 g/mol. The number of benzene rings is 1. The smallest absolute Gasteiger partial charge is 0.205 e. The van der Waals surface area contributed by atoms with Gasteiger partial charge >= 0.3 is 0 Å². The minimum absolute atomic E-state index is 0.0493. The van der Waals surface area contributed by atoms with Crippen molar-refractivity contribution in [3.05, 3.63) is 40.2 Å². The van der Waals surface area contributed by atoms with Crippen LogP contribution in [-0.4, -0.2) is 14.5 Å². The molecule has 1 aromatic carbocycles. The van der Waals surface area contributed by atoms with Crippen LogP contribution in [0.15, 0.2) is 34.0 Å². The summed E-state index contributed by atoms with van der Waals surface area (Å²) >= 11 is 0. The molecule has 2 heterocycles. The molecule has 3 rings (SSSR count). The van der Waals surface area contributed by atoms with Crippen LogP contribution in [0.4, 0.5) is 0 Å². The predicted molar refractivity (Wildman–Crippen MR) is 68.8 cm³/mol. The summed E-state index contributed by atoms with van der Waals surface area (Å²) in [5, 5.41) is 0.670. The Hall–Kier alpha value is -1.42. The number of para-hydroxylation sites is 1. The third-order valence-electron chi connectivity index (χ3n) is 3.35. The van der Waals surface area contributed by atoms with Crippen LogP contribution in [0.1, 0.15) is 12.1 Å². The molecule has 0 amide bonds. The lowest BCUT2D eigenvalue weighted by Crippen LogP contribution is -2.25. The average Bonchev–Trinajstić information content (AvgIpc) is 2.36. The van der Waals surface area contributed by atoms with E-state index in [2.05, 4.69) is 0 Å². The highest BCUT2D eigenvalue weighted by Crippen LogP contribution is 2.22. The average molecular weight is 247 g/mol. The zero-order valence-corrected chi connectivity index (χ0v) is 10.4. The molecule has 1 aliphatic rings. The lowest BCUT2D eigenvalue weighted by molar-refractivity contribution is 0.662. The van der Waals surface area contributed by atoms with E-state index < -0.39 is 10.8 Å². The summed E-state index contributed by atoms with van der Waals surface area (Å²) < 4.78 is 14.0. The molecular weight excluding hydrogens is 234 g/mol. The van der Waals surface area contributed by atoms with Gasteiger partial charge in [0.25, 0.3) is 0 Å². The Morgan fingerprint density at radius 2 is 2.06 bits per heavy atom. The van der Waals surface area contributed by atoms with Crippen molar-refractivity contribution in [3.63, 3.8) is 0 Å². The first kappa shape index (κ1) is 10.7.